The molecule has 0 radical (unpaired) electrons. The number of carbonyl (C=O) groups excluding carboxylic acids is 2. The van der Waals surface area contributed by atoms with E-state index in [0.29, 0.717) is 24.2 Å². The third kappa shape index (κ3) is 2.90. The van der Waals surface area contributed by atoms with Crippen molar-refractivity contribution in [1.82, 2.24) is 0 Å². The van der Waals surface area contributed by atoms with Crippen LogP contribution < -0.4 is 10.6 Å². The SMILES string of the molecule is O=C(Nc1ccccc1)C1(C(=O)Nc2ccccc2Br)CC1. The van der Waals surface area contributed by atoms with Crippen LogP contribution in [0.15, 0.2) is 59.1 Å². The number of halogens is 1. The van der Waals surface area contributed by atoms with E-state index in [1.54, 1.807) is 18.2 Å². The molecule has 2 aromatic rings. The van der Waals surface area contributed by atoms with Gasteiger partial charge in [0.1, 0.15) is 5.41 Å². The fourth-order valence-electron chi connectivity index (χ4n) is 2.26. The summed E-state index contributed by atoms with van der Waals surface area (Å²) < 4.78 is 0.794. The smallest absolute Gasteiger partial charge is 0.240 e. The van der Waals surface area contributed by atoms with Crippen molar-refractivity contribution in [1.29, 1.82) is 0 Å². The molecular weight excluding hydrogens is 344 g/mol. The zero-order valence-corrected chi connectivity index (χ0v) is 13.4. The van der Waals surface area contributed by atoms with Crippen LogP contribution in [0.3, 0.4) is 0 Å². The highest BCUT2D eigenvalue weighted by molar-refractivity contribution is 9.10. The van der Waals surface area contributed by atoms with Gasteiger partial charge in [-0.25, -0.2) is 0 Å². The molecule has 0 aromatic heterocycles. The van der Waals surface area contributed by atoms with E-state index < -0.39 is 5.41 Å². The van der Waals surface area contributed by atoms with Crippen molar-refractivity contribution >= 4 is 39.1 Å². The Hall–Kier alpha value is -2.14. The first-order valence-corrected chi connectivity index (χ1v) is 7.84. The van der Waals surface area contributed by atoms with Crippen molar-refractivity contribution in [3.63, 3.8) is 0 Å². The van der Waals surface area contributed by atoms with Crippen LogP contribution in [-0.4, -0.2) is 11.8 Å². The van der Waals surface area contributed by atoms with Gasteiger partial charge >= 0.3 is 0 Å². The molecule has 0 spiro atoms. The number of hydrogen-bond acceptors (Lipinski definition) is 2. The average molecular weight is 359 g/mol. The van der Waals surface area contributed by atoms with Gasteiger partial charge < -0.3 is 10.6 Å². The third-order valence-corrected chi connectivity index (χ3v) is 4.46. The highest BCUT2D eigenvalue weighted by Gasteiger charge is 2.56. The number of carbonyl (C=O) groups is 2. The maximum atomic E-state index is 12.5. The average Bonchev–Trinajstić information content (AvgIpc) is 3.32. The summed E-state index contributed by atoms with van der Waals surface area (Å²) >= 11 is 3.39. The lowest BCUT2D eigenvalue weighted by Gasteiger charge is -2.16. The number of benzene rings is 2. The molecule has 5 heteroatoms. The molecule has 2 amide bonds. The number of anilines is 2. The normalized spacial score (nSPS) is 15.0. The van der Waals surface area contributed by atoms with E-state index >= 15 is 0 Å². The molecule has 1 aliphatic rings. The van der Waals surface area contributed by atoms with E-state index in [1.807, 2.05) is 36.4 Å². The fourth-order valence-corrected chi connectivity index (χ4v) is 2.64. The molecule has 22 heavy (non-hydrogen) atoms. The van der Waals surface area contributed by atoms with Crippen LogP contribution in [-0.2, 0) is 9.59 Å². The lowest BCUT2D eigenvalue weighted by atomic mass is 10.0. The quantitative estimate of drug-likeness (QED) is 0.816. The molecular formula is C17H15BrN2O2. The Labute approximate surface area is 137 Å². The summed E-state index contributed by atoms with van der Waals surface area (Å²) in [6, 6.07) is 16.5. The number of hydrogen-bond donors (Lipinski definition) is 2. The second kappa shape index (κ2) is 5.93. The van der Waals surface area contributed by atoms with Gasteiger partial charge in [0, 0.05) is 10.2 Å². The van der Waals surface area contributed by atoms with Gasteiger partial charge in [0.05, 0.1) is 5.69 Å². The summed E-state index contributed by atoms with van der Waals surface area (Å²) in [7, 11) is 0. The Morgan fingerprint density at radius 3 is 2.09 bits per heavy atom. The summed E-state index contributed by atoms with van der Waals surface area (Å²) in [5, 5.41) is 5.65. The Morgan fingerprint density at radius 2 is 1.45 bits per heavy atom. The van der Waals surface area contributed by atoms with E-state index in [2.05, 4.69) is 26.6 Å². The lowest BCUT2D eigenvalue weighted by Crippen LogP contribution is -2.35. The zero-order valence-electron chi connectivity index (χ0n) is 11.8. The molecule has 2 aromatic carbocycles. The standard InChI is InChI=1S/C17H15BrN2O2/c18-13-8-4-5-9-14(13)20-16(22)17(10-11-17)15(21)19-12-6-2-1-3-7-12/h1-9H,10-11H2,(H,19,21)(H,20,22). The van der Waals surface area contributed by atoms with Crippen molar-refractivity contribution in [3.8, 4) is 0 Å². The minimum absolute atomic E-state index is 0.247. The summed E-state index contributed by atoms with van der Waals surface area (Å²) in [4.78, 5) is 24.9. The number of rotatable bonds is 4. The first-order valence-electron chi connectivity index (χ1n) is 7.04. The van der Waals surface area contributed by atoms with Gasteiger partial charge in [-0.05, 0) is 53.0 Å². The van der Waals surface area contributed by atoms with Crippen LogP contribution in [0, 0.1) is 5.41 Å². The molecule has 1 fully saturated rings. The molecule has 1 saturated carbocycles. The van der Waals surface area contributed by atoms with Crippen molar-refractivity contribution in [2.45, 2.75) is 12.8 Å². The predicted molar refractivity (Wildman–Crippen MR) is 89.5 cm³/mol. The molecule has 0 unspecified atom stereocenters. The van der Waals surface area contributed by atoms with Crippen LogP contribution >= 0.6 is 15.9 Å². The Bertz CT molecular complexity index is 712. The van der Waals surface area contributed by atoms with Crippen molar-refractivity contribution < 1.29 is 9.59 Å². The van der Waals surface area contributed by atoms with E-state index in [-0.39, 0.29) is 11.8 Å². The third-order valence-electron chi connectivity index (χ3n) is 3.77. The van der Waals surface area contributed by atoms with Crippen LogP contribution in [0.2, 0.25) is 0 Å². The highest BCUT2D eigenvalue weighted by atomic mass is 79.9. The van der Waals surface area contributed by atoms with Gasteiger partial charge in [0.2, 0.25) is 11.8 Å². The molecule has 0 heterocycles. The van der Waals surface area contributed by atoms with Gasteiger partial charge in [0.25, 0.3) is 0 Å². The zero-order chi connectivity index (χ0) is 15.6. The van der Waals surface area contributed by atoms with Gasteiger partial charge in [-0.15, -0.1) is 0 Å². The molecule has 4 nitrogen and oxygen atoms in total. The lowest BCUT2D eigenvalue weighted by molar-refractivity contribution is -0.131. The molecule has 3 rings (SSSR count). The summed E-state index contributed by atoms with van der Waals surface area (Å²) in [6.45, 7) is 0. The van der Waals surface area contributed by atoms with Crippen LogP contribution in [0.4, 0.5) is 11.4 Å². The number of para-hydroxylation sites is 2. The van der Waals surface area contributed by atoms with Crippen molar-refractivity contribution in [2.75, 3.05) is 10.6 Å². The summed E-state index contributed by atoms with van der Waals surface area (Å²) in [6.07, 6.45) is 1.14. The van der Waals surface area contributed by atoms with Gasteiger partial charge in [0.15, 0.2) is 0 Å². The van der Waals surface area contributed by atoms with E-state index in [0.717, 1.165) is 4.47 Å². The second-order valence-corrected chi connectivity index (χ2v) is 6.19. The second-order valence-electron chi connectivity index (χ2n) is 5.34. The van der Waals surface area contributed by atoms with Crippen LogP contribution in [0.5, 0.6) is 0 Å². The molecule has 1 aliphatic carbocycles. The van der Waals surface area contributed by atoms with E-state index in [1.165, 1.54) is 0 Å². The number of nitrogens with one attached hydrogen (secondary N) is 2. The maximum Gasteiger partial charge on any atom is 0.240 e. The summed E-state index contributed by atoms with van der Waals surface area (Å²) in [5.74, 6) is -0.504. The Morgan fingerprint density at radius 1 is 0.864 bits per heavy atom. The largest absolute Gasteiger partial charge is 0.325 e. The van der Waals surface area contributed by atoms with E-state index in [9.17, 15) is 9.59 Å². The van der Waals surface area contributed by atoms with Gasteiger partial charge in [-0.1, -0.05) is 30.3 Å². The van der Waals surface area contributed by atoms with Crippen molar-refractivity contribution in [3.05, 3.63) is 59.1 Å². The maximum absolute atomic E-state index is 12.5. The topological polar surface area (TPSA) is 58.2 Å². The van der Waals surface area contributed by atoms with Crippen LogP contribution in [0.25, 0.3) is 0 Å². The highest BCUT2D eigenvalue weighted by Crippen LogP contribution is 2.47. The molecule has 2 N–H and O–H groups in total. The predicted octanol–water partition coefficient (Wildman–Crippen LogP) is 3.81. The molecule has 0 bridgehead atoms. The van der Waals surface area contributed by atoms with Gasteiger partial charge in [-0.3, -0.25) is 9.59 Å². The first-order chi connectivity index (χ1) is 10.6. The molecule has 112 valence electrons. The Balaban J connectivity index is 1.72. The minimum Gasteiger partial charge on any atom is -0.325 e. The van der Waals surface area contributed by atoms with Gasteiger partial charge in [-0.2, -0.15) is 0 Å². The Kier molecular flexibility index (Phi) is 3.98. The first kappa shape index (κ1) is 14.8. The van der Waals surface area contributed by atoms with Crippen molar-refractivity contribution in [2.24, 2.45) is 5.41 Å². The molecule has 0 atom stereocenters. The molecule has 0 saturated heterocycles. The minimum atomic E-state index is -0.953. The van der Waals surface area contributed by atoms with E-state index in [4.69, 9.17) is 0 Å². The fraction of sp³-hybridized carbons (Fsp3) is 0.176. The molecule has 0 aliphatic heterocycles. The van der Waals surface area contributed by atoms with Crippen LogP contribution in [0.1, 0.15) is 12.8 Å². The summed E-state index contributed by atoms with van der Waals surface area (Å²) in [5.41, 5.74) is 0.421. The monoisotopic (exact) mass is 358 g/mol. The number of amides is 2.